The molecule has 1 heterocycles. The number of benzene rings is 1. The van der Waals surface area contributed by atoms with Crippen molar-refractivity contribution in [3.8, 4) is 0 Å². The third-order valence-corrected chi connectivity index (χ3v) is 5.05. The Labute approximate surface area is 157 Å². The zero-order valence-electron chi connectivity index (χ0n) is 15.4. The fourth-order valence-corrected chi connectivity index (χ4v) is 3.91. The summed E-state index contributed by atoms with van der Waals surface area (Å²) < 4.78 is 5.27. The van der Waals surface area contributed by atoms with Gasteiger partial charge in [-0.05, 0) is 31.7 Å². The molecule has 0 amide bonds. The van der Waals surface area contributed by atoms with Crippen molar-refractivity contribution in [1.82, 2.24) is 0 Å². The zero-order chi connectivity index (χ0) is 19.6. The van der Waals surface area contributed by atoms with Gasteiger partial charge < -0.3 is 4.74 Å². The maximum atomic E-state index is 12.8. The van der Waals surface area contributed by atoms with E-state index in [1.54, 1.807) is 19.1 Å². The highest BCUT2D eigenvalue weighted by molar-refractivity contribution is 6.09. The van der Waals surface area contributed by atoms with E-state index in [0.717, 1.165) is 6.42 Å². The van der Waals surface area contributed by atoms with Gasteiger partial charge in [0.2, 0.25) is 0 Å². The summed E-state index contributed by atoms with van der Waals surface area (Å²) >= 11 is 0. The van der Waals surface area contributed by atoms with Crippen LogP contribution in [0.5, 0.6) is 0 Å². The van der Waals surface area contributed by atoms with Gasteiger partial charge >= 0.3 is 5.97 Å². The number of esters is 1. The summed E-state index contributed by atoms with van der Waals surface area (Å²) in [5, 5.41) is 11.2. The van der Waals surface area contributed by atoms with Gasteiger partial charge in [0, 0.05) is 41.5 Å². The van der Waals surface area contributed by atoms with Crippen molar-refractivity contribution in [2.45, 2.75) is 45.4 Å². The van der Waals surface area contributed by atoms with Crippen LogP contribution in [0, 0.1) is 16.0 Å². The van der Waals surface area contributed by atoms with Gasteiger partial charge in [0.1, 0.15) is 5.92 Å². The topological polar surface area (TPSA) is 98.9 Å². The molecule has 27 heavy (non-hydrogen) atoms. The van der Waals surface area contributed by atoms with Gasteiger partial charge in [0.25, 0.3) is 5.69 Å². The Hall–Kier alpha value is -2.83. The Kier molecular flexibility index (Phi) is 5.48. The monoisotopic (exact) mass is 370 g/mol. The van der Waals surface area contributed by atoms with Crippen LogP contribution in [-0.4, -0.2) is 29.0 Å². The number of non-ortho nitro benzene ring substituents is 1. The summed E-state index contributed by atoms with van der Waals surface area (Å²) in [6.07, 6.45) is 2.34. The van der Waals surface area contributed by atoms with Crippen LogP contribution in [0.15, 0.2) is 40.5 Å². The van der Waals surface area contributed by atoms with Crippen LogP contribution in [-0.2, 0) is 14.3 Å². The lowest BCUT2D eigenvalue weighted by atomic mass is 9.71. The van der Waals surface area contributed by atoms with E-state index in [9.17, 15) is 19.7 Å². The Morgan fingerprint density at radius 1 is 1.33 bits per heavy atom. The first-order chi connectivity index (χ1) is 13.0. The number of Topliss-reactive ketones (excluding diaryl/α,β-unsaturated/α-hetero) is 1. The lowest BCUT2D eigenvalue weighted by Gasteiger charge is -2.35. The lowest BCUT2D eigenvalue weighted by molar-refractivity contribution is -0.384. The molecule has 0 aromatic heterocycles. The molecule has 0 spiro atoms. The molecule has 1 aliphatic heterocycles. The van der Waals surface area contributed by atoms with Crippen LogP contribution >= 0.6 is 0 Å². The van der Waals surface area contributed by atoms with Crippen molar-refractivity contribution in [2.75, 3.05) is 6.61 Å². The maximum Gasteiger partial charge on any atom is 0.315 e. The molecule has 2 atom stereocenters. The lowest BCUT2D eigenvalue weighted by Crippen LogP contribution is -2.38. The van der Waals surface area contributed by atoms with E-state index >= 15 is 0 Å². The largest absolute Gasteiger partial charge is 0.465 e. The molecule has 7 heteroatoms. The summed E-state index contributed by atoms with van der Waals surface area (Å²) in [4.78, 5) is 40.9. The summed E-state index contributed by atoms with van der Waals surface area (Å²) in [6, 6.07) is 6.16. The zero-order valence-corrected chi connectivity index (χ0v) is 15.4. The second kappa shape index (κ2) is 7.82. The number of aliphatic imine (C=N–C) groups is 1. The van der Waals surface area contributed by atoms with Crippen LogP contribution in [0.1, 0.15) is 51.0 Å². The number of rotatable bonds is 5. The van der Waals surface area contributed by atoms with Crippen molar-refractivity contribution < 1.29 is 19.2 Å². The molecule has 0 N–H and O–H groups in total. The molecule has 142 valence electrons. The second-order valence-corrected chi connectivity index (χ2v) is 6.65. The molecule has 0 radical (unpaired) electrons. The number of carbonyl (C=O) groups excluding carboxylic acids is 2. The van der Waals surface area contributed by atoms with Gasteiger partial charge in [0.15, 0.2) is 5.78 Å². The van der Waals surface area contributed by atoms with E-state index in [-0.39, 0.29) is 18.1 Å². The SMILES string of the molecule is CCOC(=O)C1C(CC)=NC2=C(C(=O)CCC2)[C@@H]1c1cccc([N+](=O)[O-])c1. The third kappa shape index (κ3) is 3.54. The van der Waals surface area contributed by atoms with Crippen LogP contribution < -0.4 is 0 Å². The molecule has 0 bridgehead atoms. The summed E-state index contributed by atoms with van der Waals surface area (Å²) in [5.41, 5.74) is 2.39. The number of hydrogen-bond acceptors (Lipinski definition) is 6. The summed E-state index contributed by atoms with van der Waals surface area (Å²) in [5.74, 6) is -1.82. The highest BCUT2D eigenvalue weighted by Crippen LogP contribution is 2.44. The first kappa shape index (κ1) is 18.9. The molecular weight excluding hydrogens is 348 g/mol. The van der Waals surface area contributed by atoms with E-state index in [4.69, 9.17) is 4.74 Å². The maximum absolute atomic E-state index is 12.8. The normalized spacial score (nSPS) is 22.1. The minimum atomic E-state index is -0.738. The fourth-order valence-electron chi connectivity index (χ4n) is 3.91. The van der Waals surface area contributed by atoms with E-state index in [1.807, 2.05) is 6.92 Å². The smallest absolute Gasteiger partial charge is 0.315 e. The predicted octanol–water partition coefficient (Wildman–Crippen LogP) is 3.73. The Morgan fingerprint density at radius 2 is 2.11 bits per heavy atom. The van der Waals surface area contributed by atoms with Crippen LogP contribution in [0.25, 0.3) is 0 Å². The number of ketones is 1. The molecule has 7 nitrogen and oxygen atoms in total. The molecule has 1 aromatic carbocycles. The minimum absolute atomic E-state index is 0.0408. The van der Waals surface area contributed by atoms with Crippen LogP contribution in [0.4, 0.5) is 5.69 Å². The number of ether oxygens (including phenoxy) is 1. The quantitative estimate of drug-likeness (QED) is 0.447. The first-order valence-corrected chi connectivity index (χ1v) is 9.22. The van der Waals surface area contributed by atoms with Crippen molar-refractivity contribution in [2.24, 2.45) is 10.9 Å². The van der Waals surface area contributed by atoms with Gasteiger partial charge in [0.05, 0.1) is 11.5 Å². The van der Waals surface area contributed by atoms with Crippen molar-refractivity contribution in [3.63, 3.8) is 0 Å². The standard InChI is InChI=1S/C20H22N2O5/c1-3-14-19(20(24)27-4-2)17(12-7-5-8-13(11-12)22(25)26)18-15(21-14)9-6-10-16(18)23/h5,7-8,11,17,19H,3-4,6,9-10H2,1-2H3/t17-,19?/m0/s1. The molecule has 1 unspecified atom stereocenters. The van der Waals surface area contributed by atoms with Gasteiger partial charge in [-0.1, -0.05) is 19.1 Å². The van der Waals surface area contributed by atoms with Gasteiger partial charge in [-0.25, -0.2) is 0 Å². The molecule has 0 fully saturated rings. The number of nitrogens with zero attached hydrogens (tertiary/aromatic N) is 2. The van der Waals surface area contributed by atoms with Crippen molar-refractivity contribution in [1.29, 1.82) is 0 Å². The second-order valence-electron chi connectivity index (χ2n) is 6.65. The average molecular weight is 370 g/mol. The average Bonchev–Trinajstić information content (AvgIpc) is 2.67. The highest BCUT2D eigenvalue weighted by Gasteiger charge is 2.44. The van der Waals surface area contributed by atoms with E-state index in [1.165, 1.54) is 12.1 Å². The first-order valence-electron chi connectivity index (χ1n) is 9.22. The van der Waals surface area contributed by atoms with Crippen LogP contribution in [0.3, 0.4) is 0 Å². The van der Waals surface area contributed by atoms with Gasteiger partial charge in [-0.15, -0.1) is 0 Å². The van der Waals surface area contributed by atoms with Crippen molar-refractivity contribution >= 4 is 23.2 Å². The van der Waals surface area contributed by atoms with Crippen molar-refractivity contribution in [3.05, 3.63) is 51.2 Å². The molecule has 3 rings (SSSR count). The number of allylic oxidation sites excluding steroid dienone is 2. The predicted molar refractivity (Wildman–Crippen MR) is 99.6 cm³/mol. The number of hydrogen-bond donors (Lipinski definition) is 0. The summed E-state index contributed by atoms with van der Waals surface area (Å²) in [6.45, 7) is 3.85. The van der Waals surface area contributed by atoms with E-state index in [2.05, 4.69) is 4.99 Å². The number of nitro benzene ring substituents is 1. The Balaban J connectivity index is 2.20. The molecule has 2 aliphatic rings. The third-order valence-electron chi connectivity index (χ3n) is 5.05. The highest BCUT2D eigenvalue weighted by atomic mass is 16.6. The minimum Gasteiger partial charge on any atom is -0.465 e. The van der Waals surface area contributed by atoms with E-state index in [0.29, 0.717) is 41.8 Å². The molecule has 0 saturated heterocycles. The van der Waals surface area contributed by atoms with E-state index < -0.39 is 22.7 Å². The van der Waals surface area contributed by atoms with Gasteiger partial charge in [-0.3, -0.25) is 24.7 Å². The molecular formula is C20H22N2O5. The fraction of sp³-hybridized carbons (Fsp3) is 0.450. The number of nitro groups is 1. The summed E-state index contributed by atoms with van der Waals surface area (Å²) in [7, 11) is 0. The molecule has 1 aliphatic carbocycles. The van der Waals surface area contributed by atoms with Gasteiger partial charge in [-0.2, -0.15) is 0 Å². The Bertz CT molecular complexity index is 856. The number of carbonyl (C=O) groups is 2. The Morgan fingerprint density at radius 3 is 2.78 bits per heavy atom. The molecule has 1 aromatic rings. The molecule has 0 saturated carbocycles. The van der Waals surface area contributed by atoms with Crippen LogP contribution in [0.2, 0.25) is 0 Å².